The van der Waals surface area contributed by atoms with E-state index in [1.807, 2.05) is 30.1 Å². The molecule has 0 aromatic heterocycles. The average Bonchev–Trinajstić information content (AvgIpc) is 2.59. The first kappa shape index (κ1) is 22.8. The zero-order valence-corrected chi connectivity index (χ0v) is 18.7. The fraction of sp³-hybridized carbons (Fsp3) is 0.588. The van der Waals surface area contributed by atoms with Gasteiger partial charge in [0.1, 0.15) is 0 Å². The third kappa shape index (κ3) is 6.43. The van der Waals surface area contributed by atoms with Gasteiger partial charge >= 0.3 is 0 Å². The predicted octanol–water partition coefficient (Wildman–Crippen LogP) is 3.81. The van der Waals surface area contributed by atoms with Crippen LogP contribution in [0, 0.1) is 0 Å². The quantitative estimate of drug-likeness (QED) is 0.378. The molecule has 25 heavy (non-hydrogen) atoms. The van der Waals surface area contributed by atoms with Gasteiger partial charge in [-0.15, -0.1) is 24.0 Å². The Balaban J connectivity index is 0.00000312. The Hall–Kier alpha value is -0.280. The highest BCUT2D eigenvalue weighted by Crippen LogP contribution is 2.24. The van der Waals surface area contributed by atoms with Crippen molar-refractivity contribution in [1.29, 1.82) is 0 Å². The molecule has 142 valence electrons. The number of rotatable bonds is 5. The highest BCUT2D eigenvalue weighted by atomic mass is 127. The molecule has 1 fully saturated rings. The molecule has 5 nitrogen and oxygen atoms in total. The molecule has 0 radical (unpaired) electrons. The van der Waals surface area contributed by atoms with Crippen LogP contribution in [0.25, 0.3) is 0 Å². The monoisotopic (exact) mass is 501 g/mol. The van der Waals surface area contributed by atoms with Crippen molar-refractivity contribution in [3.05, 3.63) is 33.8 Å². The number of nitrogens with one attached hydrogen (secondary N) is 1. The van der Waals surface area contributed by atoms with Crippen molar-refractivity contribution in [2.24, 2.45) is 4.99 Å². The molecular weight excluding hydrogens is 476 g/mol. The van der Waals surface area contributed by atoms with Gasteiger partial charge in [0.15, 0.2) is 5.96 Å². The number of methoxy groups -OCH3 is 1. The van der Waals surface area contributed by atoms with Gasteiger partial charge in [-0.2, -0.15) is 0 Å². The minimum atomic E-state index is -0.196. The summed E-state index contributed by atoms with van der Waals surface area (Å²) in [5.74, 6) is 0.809. The summed E-state index contributed by atoms with van der Waals surface area (Å²) in [4.78, 5) is 6.40. The van der Waals surface area contributed by atoms with Crippen molar-refractivity contribution >= 4 is 53.1 Å². The predicted molar refractivity (Wildman–Crippen MR) is 114 cm³/mol. The smallest absolute Gasteiger partial charge is 0.193 e. The van der Waals surface area contributed by atoms with Gasteiger partial charge in [0.05, 0.1) is 15.6 Å². The summed E-state index contributed by atoms with van der Waals surface area (Å²) in [5, 5.41) is 4.54. The Morgan fingerprint density at radius 2 is 2.00 bits per heavy atom. The molecule has 1 aliphatic rings. The lowest BCUT2D eigenvalue weighted by Crippen LogP contribution is -2.50. The van der Waals surface area contributed by atoms with Gasteiger partial charge < -0.3 is 19.7 Å². The Bertz CT molecular complexity index is 581. The van der Waals surface area contributed by atoms with Crippen LogP contribution in [0.1, 0.15) is 18.4 Å². The minimum absolute atomic E-state index is 0. The summed E-state index contributed by atoms with van der Waals surface area (Å²) in [6, 6.07) is 5.65. The second-order valence-corrected chi connectivity index (χ2v) is 6.82. The first-order valence-corrected chi connectivity index (χ1v) is 8.74. The minimum Gasteiger partial charge on any atom is -0.381 e. The van der Waals surface area contributed by atoms with Crippen molar-refractivity contribution < 1.29 is 9.47 Å². The maximum Gasteiger partial charge on any atom is 0.193 e. The van der Waals surface area contributed by atoms with Gasteiger partial charge in [-0.25, -0.2) is 0 Å². The van der Waals surface area contributed by atoms with Crippen LogP contribution in [-0.4, -0.2) is 57.4 Å². The van der Waals surface area contributed by atoms with Crippen LogP contribution in [0.3, 0.4) is 0 Å². The van der Waals surface area contributed by atoms with E-state index in [9.17, 15) is 0 Å². The lowest BCUT2D eigenvalue weighted by molar-refractivity contribution is -0.0857. The topological polar surface area (TPSA) is 46.1 Å². The van der Waals surface area contributed by atoms with Crippen LogP contribution in [0.4, 0.5) is 0 Å². The van der Waals surface area contributed by atoms with Crippen LogP contribution in [0.5, 0.6) is 0 Å². The molecule has 1 N–H and O–H groups in total. The SMILES string of the molecule is CN=C(NCC1(OC)CCOCC1)N(C)Cc1ccc(Cl)c(Cl)c1.I. The highest BCUT2D eigenvalue weighted by molar-refractivity contribution is 14.0. The molecular formula is C17H26Cl2IN3O2. The molecule has 0 aliphatic carbocycles. The number of aliphatic imine (C=N–C) groups is 1. The molecule has 1 heterocycles. The number of hydrogen-bond acceptors (Lipinski definition) is 3. The van der Waals surface area contributed by atoms with E-state index in [2.05, 4.69) is 10.3 Å². The van der Waals surface area contributed by atoms with E-state index in [1.54, 1.807) is 14.2 Å². The van der Waals surface area contributed by atoms with Gasteiger partial charge in [-0.05, 0) is 17.7 Å². The standard InChI is InChI=1S/C17H25Cl2N3O2.HI/c1-20-16(21-12-17(23-3)6-8-24-9-7-17)22(2)11-13-4-5-14(18)15(19)10-13;/h4-5,10H,6-9,11-12H2,1-3H3,(H,20,21);1H. The number of benzene rings is 1. The Labute approximate surface area is 177 Å². The zero-order valence-electron chi connectivity index (χ0n) is 14.8. The summed E-state index contributed by atoms with van der Waals surface area (Å²) in [7, 11) is 5.52. The molecule has 0 atom stereocenters. The third-order valence-corrected chi connectivity index (χ3v) is 5.12. The second-order valence-electron chi connectivity index (χ2n) is 6.00. The molecule has 0 amide bonds. The fourth-order valence-electron chi connectivity index (χ4n) is 2.81. The number of guanidine groups is 1. The lowest BCUT2D eigenvalue weighted by Gasteiger charge is -2.37. The van der Waals surface area contributed by atoms with Gasteiger partial charge in [0, 0.05) is 60.4 Å². The van der Waals surface area contributed by atoms with E-state index in [0.717, 1.165) is 37.6 Å². The average molecular weight is 502 g/mol. The van der Waals surface area contributed by atoms with Crippen molar-refractivity contribution in [1.82, 2.24) is 10.2 Å². The van der Waals surface area contributed by atoms with Crippen molar-refractivity contribution in [2.75, 3.05) is 41.0 Å². The van der Waals surface area contributed by atoms with E-state index >= 15 is 0 Å². The Kier molecular flexibility index (Phi) is 9.80. The molecule has 0 spiro atoms. The van der Waals surface area contributed by atoms with Gasteiger partial charge in [-0.1, -0.05) is 29.3 Å². The summed E-state index contributed by atoms with van der Waals surface area (Å²) in [5.41, 5.74) is 0.876. The van der Waals surface area contributed by atoms with Gasteiger partial charge in [0.25, 0.3) is 0 Å². The lowest BCUT2D eigenvalue weighted by atomic mass is 9.94. The Morgan fingerprint density at radius 3 is 2.56 bits per heavy atom. The first-order chi connectivity index (χ1) is 11.5. The number of ether oxygens (including phenoxy) is 2. The van der Waals surface area contributed by atoms with Gasteiger partial charge in [-0.3, -0.25) is 4.99 Å². The maximum atomic E-state index is 6.09. The summed E-state index contributed by atoms with van der Waals surface area (Å²) in [6.07, 6.45) is 1.76. The normalized spacial score (nSPS) is 16.9. The highest BCUT2D eigenvalue weighted by Gasteiger charge is 2.32. The van der Waals surface area contributed by atoms with E-state index < -0.39 is 0 Å². The number of halogens is 3. The van der Waals surface area contributed by atoms with Crippen molar-refractivity contribution in [3.63, 3.8) is 0 Å². The molecule has 1 saturated heterocycles. The van der Waals surface area contributed by atoms with Crippen LogP contribution in [0.2, 0.25) is 10.0 Å². The number of nitrogens with zero attached hydrogens (tertiary/aromatic N) is 2. The second kappa shape index (κ2) is 10.8. The molecule has 8 heteroatoms. The zero-order chi connectivity index (χ0) is 17.6. The summed E-state index contributed by atoms with van der Waals surface area (Å²) >= 11 is 12.1. The molecule has 0 bridgehead atoms. The largest absolute Gasteiger partial charge is 0.381 e. The first-order valence-electron chi connectivity index (χ1n) is 7.98. The molecule has 1 aliphatic heterocycles. The molecule has 2 rings (SSSR count). The fourth-order valence-corrected chi connectivity index (χ4v) is 3.13. The molecule has 1 aromatic carbocycles. The van der Waals surface area contributed by atoms with Crippen molar-refractivity contribution in [3.8, 4) is 0 Å². The van der Waals surface area contributed by atoms with Crippen LogP contribution in [0.15, 0.2) is 23.2 Å². The van der Waals surface area contributed by atoms with E-state index in [1.165, 1.54) is 0 Å². The van der Waals surface area contributed by atoms with E-state index in [4.69, 9.17) is 32.7 Å². The molecule has 0 saturated carbocycles. The van der Waals surface area contributed by atoms with Gasteiger partial charge in [0.2, 0.25) is 0 Å². The van der Waals surface area contributed by atoms with Crippen LogP contribution in [-0.2, 0) is 16.0 Å². The maximum absolute atomic E-state index is 6.09. The van der Waals surface area contributed by atoms with Crippen LogP contribution >= 0.6 is 47.2 Å². The summed E-state index contributed by atoms with van der Waals surface area (Å²) in [6.45, 7) is 2.84. The number of hydrogen-bond donors (Lipinski definition) is 1. The van der Waals surface area contributed by atoms with E-state index in [0.29, 0.717) is 23.1 Å². The molecule has 1 aromatic rings. The summed E-state index contributed by atoms with van der Waals surface area (Å²) < 4.78 is 11.2. The third-order valence-electron chi connectivity index (χ3n) is 4.38. The van der Waals surface area contributed by atoms with Crippen LogP contribution < -0.4 is 5.32 Å². The van der Waals surface area contributed by atoms with Crippen molar-refractivity contribution in [2.45, 2.75) is 25.0 Å². The van der Waals surface area contributed by atoms with E-state index in [-0.39, 0.29) is 29.6 Å². The molecule has 0 unspecified atom stereocenters. The Morgan fingerprint density at radius 1 is 1.32 bits per heavy atom.